The van der Waals surface area contributed by atoms with E-state index < -0.39 is 30.3 Å². The van der Waals surface area contributed by atoms with Gasteiger partial charge in [0, 0.05) is 25.4 Å². The third-order valence-electron chi connectivity index (χ3n) is 4.56. The van der Waals surface area contributed by atoms with Gasteiger partial charge in [-0.15, -0.1) is 5.10 Å². The van der Waals surface area contributed by atoms with E-state index in [1.54, 1.807) is 36.8 Å². The molecule has 2 N–H and O–H groups in total. The number of Topliss-reactive ketones (excluding diaryl/α,β-unsaturated/α-hetero) is 1. The number of hydrogen-bond donors (Lipinski definition) is 2. The quantitative estimate of drug-likeness (QED) is 0.416. The Balaban J connectivity index is 1.54. The van der Waals surface area contributed by atoms with Gasteiger partial charge in [0.1, 0.15) is 19.2 Å². The van der Waals surface area contributed by atoms with Crippen LogP contribution in [0.2, 0.25) is 0 Å². The van der Waals surface area contributed by atoms with Gasteiger partial charge in [-0.25, -0.2) is 14.5 Å². The summed E-state index contributed by atoms with van der Waals surface area (Å²) < 4.78 is 8.31. The molecule has 0 fully saturated rings. The highest BCUT2D eigenvalue weighted by atomic mass is 16.5. The van der Waals surface area contributed by atoms with Crippen LogP contribution in [-0.4, -0.2) is 58.8 Å². The van der Waals surface area contributed by atoms with Gasteiger partial charge >= 0.3 is 12.1 Å². The number of carbonyl (C=O) groups excluding carboxylic acids is 2. The highest BCUT2D eigenvalue weighted by Crippen LogP contribution is 2.05. The number of nitrogens with zero attached hydrogens (tertiary/aromatic N) is 6. The Kier molecular flexibility index (Phi) is 8.01. The zero-order chi connectivity index (χ0) is 22.8. The Labute approximate surface area is 183 Å². The predicted molar refractivity (Wildman–Crippen MR) is 109 cm³/mol. The van der Waals surface area contributed by atoms with Crippen LogP contribution < -0.4 is 5.32 Å². The van der Waals surface area contributed by atoms with E-state index in [4.69, 9.17) is 9.84 Å². The maximum atomic E-state index is 12.7. The average molecular weight is 441 g/mol. The monoisotopic (exact) mass is 441 g/mol. The second-order valence-electron chi connectivity index (χ2n) is 6.98. The van der Waals surface area contributed by atoms with Crippen molar-refractivity contribution in [2.45, 2.75) is 45.0 Å². The number of aryl methyl sites for hydroxylation is 2. The molecule has 3 aromatic rings. The van der Waals surface area contributed by atoms with E-state index in [1.165, 1.54) is 4.68 Å². The number of ketones is 1. The van der Waals surface area contributed by atoms with Crippen molar-refractivity contribution in [2.75, 3.05) is 0 Å². The maximum Gasteiger partial charge on any atom is 0.408 e. The van der Waals surface area contributed by atoms with E-state index in [0.717, 1.165) is 5.56 Å². The van der Waals surface area contributed by atoms with E-state index in [0.29, 0.717) is 25.2 Å². The molecule has 2 aromatic heterocycles. The smallest absolute Gasteiger partial charge is 0.408 e. The molecule has 2 heterocycles. The molecular weight excluding hydrogens is 418 g/mol. The summed E-state index contributed by atoms with van der Waals surface area (Å²) in [4.78, 5) is 40.0. The molecule has 0 saturated heterocycles. The number of ether oxygens (including phenoxy) is 1. The number of carboxylic acid groups (broad SMARTS) is 1. The van der Waals surface area contributed by atoms with Crippen molar-refractivity contribution in [3.63, 3.8) is 0 Å². The number of hydrogen-bond acceptors (Lipinski definition) is 8. The van der Waals surface area contributed by atoms with Gasteiger partial charge in [-0.1, -0.05) is 30.3 Å². The molecule has 168 valence electrons. The number of aliphatic carboxylic acids is 1. The van der Waals surface area contributed by atoms with E-state index in [9.17, 15) is 14.4 Å². The van der Waals surface area contributed by atoms with Crippen LogP contribution in [0.5, 0.6) is 0 Å². The lowest BCUT2D eigenvalue weighted by Crippen LogP contribution is -2.44. The van der Waals surface area contributed by atoms with Gasteiger partial charge in [-0.3, -0.25) is 9.59 Å². The summed E-state index contributed by atoms with van der Waals surface area (Å²) in [6.07, 6.45) is 4.98. The number of benzene rings is 1. The van der Waals surface area contributed by atoms with Crippen LogP contribution in [-0.2, 0) is 40.4 Å². The second kappa shape index (κ2) is 11.3. The van der Waals surface area contributed by atoms with Crippen LogP contribution in [0.4, 0.5) is 4.79 Å². The van der Waals surface area contributed by atoms with E-state index >= 15 is 0 Å². The molecule has 0 saturated carbocycles. The first-order chi connectivity index (χ1) is 15.5. The third-order valence-corrected chi connectivity index (χ3v) is 4.56. The van der Waals surface area contributed by atoms with Crippen molar-refractivity contribution in [1.29, 1.82) is 0 Å². The van der Waals surface area contributed by atoms with Gasteiger partial charge in [-0.05, 0) is 22.4 Å². The molecule has 0 aliphatic rings. The molecule has 0 radical (unpaired) electrons. The standard InChI is InChI=1S/C20H23N7O5/c28-17(12-27-18(23-24-25-27)7-4-9-26-10-8-21-14-26)16(11-19(29)30)22-20(31)32-13-15-5-2-1-3-6-15/h1-3,5-6,8,10,14,16H,4,7,9,11-13H2,(H,22,31)(H,29,30). The van der Waals surface area contributed by atoms with E-state index in [2.05, 4.69) is 25.8 Å². The van der Waals surface area contributed by atoms with Crippen molar-refractivity contribution in [3.8, 4) is 0 Å². The number of tetrazole rings is 1. The molecule has 0 aliphatic heterocycles. The summed E-state index contributed by atoms with van der Waals surface area (Å²) in [5.41, 5.74) is 0.762. The first kappa shape index (κ1) is 22.6. The minimum absolute atomic E-state index is 0.00524. The van der Waals surface area contributed by atoms with Crippen LogP contribution in [0.1, 0.15) is 24.2 Å². The number of nitrogens with one attached hydrogen (secondary N) is 1. The largest absolute Gasteiger partial charge is 0.481 e. The lowest BCUT2D eigenvalue weighted by molar-refractivity contribution is -0.139. The molecule has 12 nitrogen and oxygen atoms in total. The van der Waals surface area contributed by atoms with Crippen LogP contribution >= 0.6 is 0 Å². The first-order valence-corrected chi connectivity index (χ1v) is 9.94. The number of imidazole rings is 1. The second-order valence-corrected chi connectivity index (χ2v) is 6.98. The molecule has 12 heteroatoms. The molecular formula is C20H23N7O5. The Bertz CT molecular complexity index is 1020. The number of carbonyl (C=O) groups is 3. The van der Waals surface area contributed by atoms with E-state index in [1.807, 2.05) is 16.8 Å². The molecule has 3 rings (SSSR count). The predicted octanol–water partition coefficient (Wildman–Crippen LogP) is 0.841. The fourth-order valence-electron chi connectivity index (χ4n) is 2.95. The van der Waals surface area contributed by atoms with Crippen molar-refractivity contribution >= 4 is 17.8 Å². The zero-order valence-corrected chi connectivity index (χ0v) is 17.2. The summed E-state index contributed by atoms with van der Waals surface area (Å²) in [5.74, 6) is -1.30. The number of aromatic nitrogens is 6. The molecule has 1 atom stereocenters. The van der Waals surface area contributed by atoms with E-state index in [-0.39, 0.29) is 13.2 Å². The van der Waals surface area contributed by atoms with Gasteiger partial charge in [0.2, 0.25) is 0 Å². The molecule has 32 heavy (non-hydrogen) atoms. The summed E-state index contributed by atoms with van der Waals surface area (Å²) in [7, 11) is 0. The van der Waals surface area contributed by atoms with Crippen LogP contribution in [0.15, 0.2) is 49.1 Å². The molecule has 1 amide bonds. The normalized spacial score (nSPS) is 11.6. The van der Waals surface area contributed by atoms with Crippen molar-refractivity contribution in [1.82, 2.24) is 35.1 Å². The SMILES string of the molecule is O=C(O)CC(NC(=O)OCc1ccccc1)C(=O)Cn1nnnc1CCCn1ccnc1. The molecule has 0 spiro atoms. The van der Waals surface area contributed by atoms with Crippen LogP contribution in [0.3, 0.4) is 0 Å². The average Bonchev–Trinajstić information content (AvgIpc) is 3.45. The van der Waals surface area contributed by atoms with Gasteiger partial charge in [0.25, 0.3) is 0 Å². The Morgan fingerprint density at radius 2 is 2.00 bits per heavy atom. The van der Waals surface area contributed by atoms with Gasteiger partial charge < -0.3 is 19.7 Å². The number of alkyl carbamates (subject to hydrolysis) is 1. The highest BCUT2D eigenvalue weighted by molar-refractivity contribution is 5.90. The van der Waals surface area contributed by atoms with Gasteiger partial charge in [0.15, 0.2) is 11.6 Å². The molecule has 1 unspecified atom stereocenters. The Hall–Kier alpha value is -4.09. The lowest BCUT2D eigenvalue weighted by Gasteiger charge is -2.16. The molecule has 0 aliphatic carbocycles. The summed E-state index contributed by atoms with van der Waals surface area (Å²) in [6, 6.07) is 7.70. The van der Waals surface area contributed by atoms with Gasteiger partial charge in [-0.2, -0.15) is 0 Å². The third kappa shape index (κ3) is 7.00. The highest BCUT2D eigenvalue weighted by Gasteiger charge is 2.25. The Morgan fingerprint density at radius 3 is 2.72 bits per heavy atom. The molecule has 1 aromatic carbocycles. The number of amides is 1. The fraction of sp³-hybridized carbons (Fsp3) is 0.350. The number of rotatable bonds is 12. The topological polar surface area (TPSA) is 154 Å². The van der Waals surface area contributed by atoms with Crippen LogP contribution in [0, 0.1) is 0 Å². The van der Waals surface area contributed by atoms with Crippen molar-refractivity contribution < 1.29 is 24.2 Å². The minimum atomic E-state index is -1.28. The molecule has 0 bridgehead atoms. The summed E-state index contributed by atoms with van der Waals surface area (Å²) >= 11 is 0. The lowest BCUT2D eigenvalue weighted by atomic mass is 10.1. The fourth-order valence-corrected chi connectivity index (χ4v) is 2.95. The maximum absolute atomic E-state index is 12.7. The summed E-state index contributed by atoms with van der Waals surface area (Å²) in [6.45, 7) is 0.427. The van der Waals surface area contributed by atoms with Gasteiger partial charge in [0.05, 0.1) is 12.7 Å². The Morgan fingerprint density at radius 1 is 1.19 bits per heavy atom. The number of carboxylic acids is 1. The minimum Gasteiger partial charge on any atom is -0.481 e. The summed E-state index contributed by atoms with van der Waals surface area (Å²) in [5, 5.41) is 22.8. The van der Waals surface area contributed by atoms with Crippen molar-refractivity contribution in [3.05, 3.63) is 60.4 Å². The first-order valence-electron chi connectivity index (χ1n) is 9.94. The van der Waals surface area contributed by atoms with Crippen molar-refractivity contribution in [2.24, 2.45) is 0 Å². The zero-order valence-electron chi connectivity index (χ0n) is 17.2. The van der Waals surface area contributed by atoms with Crippen LogP contribution in [0.25, 0.3) is 0 Å².